The second-order valence-electron chi connectivity index (χ2n) is 7.93. The lowest BCUT2D eigenvalue weighted by Crippen LogP contribution is -2.55. The summed E-state index contributed by atoms with van der Waals surface area (Å²) in [6.07, 6.45) is 2.87. The molecule has 1 atom stereocenters. The van der Waals surface area contributed by atoms with E-state index < -0.39 is 0 Å². The van der Waals surface area contributed by atoms with Crippen LogP contribution >= 0.6 is 11.6 Å². The number of hydrogen-bond acceptors (Lipinski definition) is 3. The molecular formula is C20H31ClN2O. The number of aliphatic hydroxyl groups excluding tert-OH is 1. The van der Waals surface area contributed by atoms with Gasteiger partial charge in [-0.05, 0) is 23.5 Å². The number of rotatable bonds is 6. The van der Waals surface area contributed by atoms with Gasteiger partial charge < -0.3 is 5.11 Å². The maximum atomic E-state index is 9.41. The van der Waals surface area contributed by atoms with Gasteiger partial charge >= 0.3 is 0 Å². The van der Waals surface area contributed by atoms with Crippen molar-refractivity contribution in [1.82, 2.24) is 9.80 Å². The predicted octanol–water partition coefficient (Wildman–Crippen LogP) is 3.68. The number of halogens is 1. The Kier molecular flexibility index (Phi) is 7.30. The fraction of sp³-hybridized carbons (Fsp3) is 0.600. The van der Waals surface area contributed by atoms with Gasteiger partial charge in [0.25, 0.3) is 0 Å². The van der Waals surface area contributed by atoms with Gasteiger partial charge in [-0.3, -0.25) is 9.80 Å². The van der Waals surface area contributed by atoms with Gasteiger partial charge in [0, 0.05) is 50.4 Å². The maximum absolute atomic E-state index is 9.41. The van der Waals surface area contributed by atoms with E-state index in [2.05, 4.69) is 42.7 Å². The molecule has 3 nitrogen and oxygen atoms in total. The summed E-state index contributed by atoms with van der Waals surface area (Å²) in [5.41, 5.74) is 1.42. The van der Waals surface area contributed by atoms with Crippen LogP contribution in [0.25, 0.3) is 6.08 Å². The van der Waals surface area contributed by atoms with Gasteiger partial charge in [-0.1, -0.05) is 62.7 Å². The smallest absolute Gasteiger partial charge is 0.0446 e. The highest BCUT2D eigenvalue weighted by molar-refractivity contribution is 6.31. The van der Waals surface area contributed by atoms with Crippen LogP contribution in [0, 0.1) is 5.41 Å². The Morgan fingerprint density at radius 1 is 1.25 bits per heavy atom. The van der Waals surface area contributed by atoms with Crippen LogP contribution in [-0.2, 0) is 0 Å². The van der Waals surface area contributed by atoms with Gasteiger partial charge in [-0.25, -0.2) is 0 Å². The molecule has 134 valence electrons. The Bertz CT molecular complexity index is 524. The van der Waals surface area contributed by atoms with Crippen molar-refractivity contribution in [3.63, 3.8) is 0 Å². The second kappa shape index (κ2) is 9.00. The van der Waals surface area contributed by atoms with Crippen LogP contribution in [0.5, 0.6) is 0 Å². The van der Waals surface area contributed by atoms with Crippen LogP contribution in [0.2, 0.25) is 0 Å². The largest absolute Gasteiger partial charge is 0.396 e. The number of piperazine rings is 1. The van der Waals surface area contributed by atoms with Crippen LogP contribution in [0.1, 0.15) is 32.8 Å². The molecule has 0 radical (unpaired) electrons. The molecule has 1 aromatic rings. The molecule has 1 heterocycles. The van der Waals surface area contributed by atoms with E-state index in [9.17, 15) is 5.11 Å². The monoisotopic (exact) mass is 350 g/mol. The van der Waals surface area contributed by atoms with Gasteiger partial charge in [0.2, 0.25) is 0 Å². The molecule has 1 saturated heterocycles. The number of nitrogens with zero attached hydrogens (tertiary/aromatic N) is 2. The van der Waals surface area contributed by atoms with Crippen molar-refractivity contribution in [2.75, 3.05) is 39.3 Å². The molecule has 1 aliphatic heterocycles. The molecule has 1 fully saturated rings. The highest BCUT2D eigenvalue weighted by Crippen LogP contribution is 2.22. The molecule has 0 saturated carbocycles. The summed E-state index contributed by atoms with van der Waals surface area (Å²) < 4.78 is 0. The molecule has 4 heteroatoms. The first-order valence-corrected chi connectivity index (χ1v) is 9.23. The average molecular weight is 351 g/mol. The molecule has 1 aliphatic rings. The molecule has 2 rings (SSSR count). The van der Waals surface area contributed by atoms with E-state index in [4.69, 9.17) is 11.6 Å². The number of aliphatic hydroxyl groups is 1. The zero-order valence-electron chi connectivity index (χ0n) is 15.2. The summed E-state index contributed by atoms with van der Waals surface area (Å²) in [4.78, 5) is 4.93. The van der Waals surface area contributed by atoms with E-state index in [1.165, 1.54) is 0 Å². The quantitative estimate of drug-likeness (QED) is 0.847. The minimum Gasteiger partial charge on any atom is -0.396 e. The number of benzene rings is 1. The Morgan fingerprint density at radius 2 is 1.96 bits per heavy atom. The van der Waals surface area contributed by atoms with E-state index in [1.54, 1.807) is 0 Å². The zero-order chi connectivity index (χ0) is 17.6. The van der Waals surface area contributed by atoms with E-state index in [1.807, 2.05) is 24.3 Å². The highest BCUT2D eigenvalue weighted by Gasteiger charge is 2.29. The van der Waals surface area contributed by atoms with Crippen molar-refractivity contribution in [1.29, 1.82) is 0 Å². The van der Waals surface area contributed by atoms with Crippen LogP contribution in [0.4, 0.5) is 0 Å². The van der Waals surface area contributed by atoms with Crippen molar-refractivity contribution >= 4 is 17.7 Å². The van der Waals surface area contributed by atoms with E-state index in [0.29, 0.717) is 6.04 Å². The fourth-order valence-electron chi connectivity index (χ4n) is 3.33. The van der Waals surface area contributed by atoms with Gasteiger partial charge in [-0.2, -0.15) is 0 Å². The molecule has 1 aromatic carbocycles. The molecule has 0 bridgehead atoms. The molecular weight excluding hydrogens is 320 g/mol. The number of hydrogen-bond donors (Lipinski definition) is 1. The summed E-state index contributed by atoms with van der Waals surface area (Å²) in [6, 6.07) is 10.6. The standard InChI is InChI=1S/C20H31ClN2O/c1-20(2,3)16-23-11-10-22(15-19(23)9-12-24)14-18(21)13-17-7-5-4-6-8-17/h4-8,13,19,24H,9-12,14-16H2,1-3H3. The lowest BCUT2D eigenvalue weighted by Gasteiger charge is -2.43. The lowest BCUT2D eigenvalue weighted by atomic mass is 9.94. The molecule has 0 spiro atoms. The molecule has 0 amide bonds. The summed E-state index contributed by atoms with van der Waals surface area (Å²) in [5.74, 6) is 0. The average Bonchev–Trinajstić information content (AvgIpc) is 2.50. The molecule has 1 unspecified atom stereocenters. The third-order valence-electron chi connectivity index (χ3n) is 4.33. The minimum absolute atomic E-state index is 0.243. The Labute approximate surface area is 151 Å². The van der Waals surface area contributed by atoms with Crippen molar-refractivity contribution in [3.05, 3.63) is 40.9 Å². The van der Waals surface area contributed by atoms with Gasteiger partial charge in [0.05, 0.1) is 0 Å². The van der Waals surface area contributed by atoms with Crippen LogP contribution in [0.3, 0.4) is 0 Å². The van der Waals surface area contributed by atoms with Crippen molar-refractivity contribution in [3.8, 4) is 0 Å². The summed E-state index contributed by atoms with van der Waals surface area (Å²) in [5, 5.41) is 10.3. The maximum Gasteiger partial charge on any atom is 0.0446 e. The Hall–Kier alpha value is -0.870. The van der Waals surface area contributed by atoms with Crippen molar-refractivity contribution < 1.29 is 5.11 Å². The summed E-state index contributed by atoms with van der Waals surface area (Å²) in [6.45, 7) is 11.9. The third kappa shape index (κ3) is 6.56. The van der Waals surface area contributed by atoms with Crippen molar-refractivity contribution in [2.45, 2.75) is 33.2 Å². The van der Waals surface area contributed by atoms with Gasteiger partial charge in [0.15, 0.2) is 0 Å². The predicted molar refractivity (Wildman–Crippen MR) is 103 cm³/mol. The molecule has 0 aliphatic carbocycles. The second-order valence-corrected chi connectivity index (χ2v) is 8.42. The van der Waals surface area contributed by atoms with Gasteiger partial charge in [0.1, 0.15) is 0 Å². The summed E-state index contributed by atoms with van der Waals surface area (Å²) in [7, 11) is 0. The first-order valence-electron chi connectivity index (χ1n) is 8.86. The fourth-order valence-corrected chi connectivity index (χ4v) is 3.63. The first-order chi connectivity index (χ1) is 11.4. The lowest BCUT2D eigenvalue weighted by molar-refractivity contribution is 0.0417. The van der Waals surface area contributed by atoms with Crippen LogP contribution < -0.4 is 0 Å². The minimum atomic E-state index is 0.243. The highest BCUT2D eigenvalue weighted by atomic mass is 35.5. The summed E-state index contributed by atoms with van der Waals surface area (Å²) >= 11 is 6.47. The Morgan fingerprint density at radius 3 is 2.58 bits per heavy atom. The Balaban J connectivity index is 1.94. The molecule has 24 heavy (non-hydrogen) atoms. The van der Waals surface area contributed by atoms with E-state index in [0.717, 1.165) is 49.7 Å². The SMILES string of the molecule is CC(C)(C)CN1CCN(CC(Cl)=Cc2ccccc2)CC1CCO. The van der Waals surface area contributed by atoms with Gasteiger partial charge in [-0.15, -0.1) is 0 Å². The zero-order valence-corrected chi connectivity index (χ0v) is 16.0. The van der Waals surface area contributed by atoms with Crippen LogP contribution in [-0.4, -0.2) is 60.3 Å². The normalized spacial score (nSPS) is 21.2. The first kappa shape index (κ1) is 19.5. The topological polar surface area (TPSA) is 26.7 Å². The van der Waals surface area contributed by atoms with E-state index in [-0.39, 0.29) is 12.0 Å². The van der Waals surface area contributed by atoms with Crippen molar-refractivity contribution in [2.24, 2.45) is 5.41 Å². The third-order valence-corrected chi connectivity index (χ3v) is 4.55. The van der Waals surface area contributed by atoms with E-state index >= 15 is 0 Å². The molecule has 1 N–H and O–H groups in total. The molecule has 0 aromatic heterocycles. The van der Waals surface area contributed by atoms with Crippen LogP contribution in [0.15, 0.2) is 35.4 Å².